The van der Waals surface area contributed by atoms with Crippen LogP contribution in [0.4, 0.5) is 0 Å². The number of ether oxygens (including phenoxy) is 1. The van der Waals surface area contributed by atoms with Crippen molar-refractivity contribution in [3.05, 3.63) is 10.1 Å². The molecule has 0 saturated carbocycles. The number of esters is 1. The minimum atomic E-state index is -1.78. The highest BCUT2D eigenvalue weighted by atomic mass is 16.7. The number of rotatable bonds is 15. The predicted molar refractivity (Wildman–Crippen MR) is 114 cm³/mol. The summed E-state index contributed by atoms with van der Waals surface area (Å²) in [4.78, 5) is 46.3. The molecule has 0 aliphatic rings. The van der Waals surface area contributed by atoms with Crippen LogP contribution in [0, 0.1) is 21.4 Å². The molecule has 0 saturated heterocycles. The lowest BCUT2D eigenvalue weighted by Crippen LogP contribution is -2.54. The number of hydrogen-bond donors (Lipinski definition) is 7. The molecule has 0 unspecified atom stereocenters. The zero-order chi connectivity index (χ0) is 24.7. The SMILES string of the molecule is COC(=O)CCCC(=O)N[C@@H](CCCNC(=N)N[N+](=O)[O-])C(=O)N[C@@H](CC(C)C)B(O)O. The van der Waals surface area contributed by atoms with Gasteiger partial charge in [-0.15, -0.1) is 0 Å². The molecule has 0 heterocycles. The Labute approximate surface area is 186 Å². The number of hydrazine groups is 1. The Morgan fingerprint density at radius 3 is 2.34 bits per heavy atom. The van der Waals surface area contributed by atoms with E-state index in [1.807, 2.05) is 13.8 Å². The van der Waals surface area contributed by atoms with E-state index in [0.29, 0.717) is 6.42 Å². The number of carbonyl (C=O) groups is 3. The van der Waals surface area contributed by atoms with Crippen LogP contribution in [-0.2, 0) is 19.1 Å². The van der Waals surface area contributed by atoms with Crippen LogP contribution in [0.1, 0.15) is 52.4 Å². The maximum atomic E-state index is 12.7. The lowest BCUT2D eigenvalue weighted by atomic mass is 9.75. The van der Waals surface area contributed by atoms with Crippen molar-refractivity contribution < 1.29 is 34.2 Å². The predicted octanol–water partition coefficient (Wildman–Crippen LogP) is -1.56. The first kappa shape index (κ1) is 29.1. The standard InChI is InChI=1S/C17H33BN6O8/c1-11(2)10-13(18(28)29)22-16(27)12(6-5-9-20-17(19)23-24(30)31)21-14(25)7-4-8-15(26)32-3/h11-13,28-29H,4-10H2,1-3H3,(H,21,25)(H,22,27)(H3,19,20,23)/t12-,13-/m0/s1. The summed E-state index contributed by atoms with van der Waals surface area (Å²) in [5.41, 5.74) is 1.63. The van der Waals surface area contributed by atoms with Gasteiger partial charge in [-0.1, -0.05) is 19.3 Å². The first-order chi connectivity index (χ1) is 15.0. The van der Waals surface area contributed by atoms with Crippen LogP contribution in [0.2, 0.25) is 0 Å². The number of hydrogen-bond acceptors (Lipinski definition) is 9. The average Bonchev–Trinajstić information content (AvgIpc) is 2.68. The van der Waals surface area contributed by atoms with E-state index < -0.39 is 47.9 Å². The Morgan fingerprint density at radius 2 is 1.81 bits per heavy atom. The second-order valence-electron chi connectivity index (χ2n) is 7.52. The monoisotopic (exact) mass is 460 g/mol. The molecule has 0 aliphatic carbocycles. The van der Waals surface area contributed by atoms with Gasteiger partial charge in [-0.05, 0) is 31.6 Å². The number of methoxy groups -OCH3 is 1. The molecule has 2 amide bonds. The Morgan fingerprint density at radius 1 is 1.16 bits per heavy atom. The summed E-state index contributed by atoms with van der Waals surface area (Å²) in [6.07, 6.45) is 0.927. The second kappa shape index (κ2) is 15.8. The number of guanidine groups is 1. The van der Waals surface area contributed by atoms with Gasteiger partial charge < -0.3 is 30.7 Å². The fourth-order valence-corrected chi connectivity index (χ4v) is 2.73. The van der Waals surface area contributed by atoms with Gasteiger partial charge in [0.2, 0.25) is 11.8 Å². The number of carbonyl (C=O) groups excluding carboxylic acids is 3. The number of nitrogens with zero attached hydrogens (tertiary/aromatic N) is 1. The molecular formula is C17H33BN6O8. The molecule has 0 bridgehead atoms. The van der Waals surface area contributed by atoms with Crippen molar-refractivity contribution in [2.45, 2.75) is 64.4 Å². The molecule has 182 valence electrons. The molecule has 32 heavy (non-hydrogen) atoms. The molecule has 0 spiro atoms. The van der Waals surface area contributed by atoms with E-state index in [2.05, 4.69) is 20.7 Å². The summed E-state index contributed by atoms with van der Waals surface area (Å²) >= 11 is 0. The highest BCUT2D eigenvalue weighted by Gasteiger charge is 2.29. The lowest BCUT2D eigenvalue weighted by Gasteiger charge is -2.24. The van der Waals surface area contributed by atoms with Crippen molar-refractivity contribution in [1.29, 1.82) is 5.41 Å². The summed E-state index contributed by atoms with van der Waals surface area (Å²) in [6.45, 7) is 3.81. The van der Waals surface area contributed by atoms with Crippen molar-refractivity contribution in [3.63, 3.8) is 0 Å². The van der Waals surface area contributed by atoms with E-state index in [1.54, 1.807) is 5.43 Å². The van der Waals surface area contributed by atoms with E-state index in [-0.39, 0.29) is 44.6 Å². The topological polar surface area (TPSA) is 216 Å². The smallest absolute Gasteiger partial charge is 0.469 e. The summed E-state index contributed by atoms with van der Waals surface area (Å²) < 4.78 is 4.50. The average molecular weight is 460 g/mol. The summed E-state index contributed by atoms with van der Waals surface area (Å²) in [6, 6.07) is -1.02. The molecule has 0 rings (SSSR count). The Kier molecular flexibility index (Phi) is 14.4. The van der Waals surface area contributed by atoms with E-state index in [0.717, 1.165) is 0 Å². The van der Waals surface area contributed by atoms with Crippen molar-refractivity contribution in [2.75, 3.05) is 13.7 Å². The van der Waals surface area contributed by atoms with Crippen molar-refractivity contribution in [1.82, 2.24) is 21.4 Å². The van der Waals surface area contributed by atoms with E-state index >= 15 is 0 Å². The second-order valence-corrected chi connectivity index (χ2v) is 7.52. The third-order valence-electron chi connectivity index (χ3n) is 4.25. The molecule has 0 aromatic carbocycles. The normalized spacial score (nSPS) is 12.3. The maximum absolute atomic E-state index is 12.7. The molecule has 0 radical (unpaired) electrons. The van der Waals surface area contributed by atoms with E-state index in [9.17, 15) is 34.5 Å². The van der Waals surface area contributed by atoms with Crippen LogP contribution >= 0.6 is 0 Å². The van der Waals surface area contributed by atoms with Gasteiger partial charge in [-0.2, -0.15) is 0 Å². The third-order valence-corrected chi connectivity index (χ3v) is 4.25. The first-order valence-corrected chi connectivity index (χ1v) is 10.2. The van der Waals surface area contributed by atoms with Gasteiger partial charge in [-0.25, -0.2) is 10.1 Å². The quantitative estimate of drug-likeness (QED) is 0.0284. The minimum Gasteiger partial charge on any atom is -0.469 e. The molecule has 2 atom stereocenters. The lowest BCUT2D eigenvalue weighted by molar-refractivity contribution is -0.525. The van der Waals surface area contributed by atoms with Crippen LogP contribution in [-0.4, -0.2) is 71.6 Å². The van der Waals surface area contributed by atoms with Gasteiger partial charge >= 0.3 is 13.1 Å². The largest absolute Gasteiger partial charge is 0.475 e. The molecule has 7 N–H and O–H groups in total. The highest BCUT2D eigenvalue weighted by molar-refractivity contribution is 6.43. The number of nitrogens with one attached hydrogen (secondary N) is 5. The molecule has 0 aromatic heterocycles. The van der Waals surface area contributed by atoms with Crippen LogP contribution in [0.3, 0.4) is 0 Å². The summed E-state index contributed by atoms with van der Waals surface area (Å²) in [5.74, 6) is -2.95. The zero-order valence-electron chi connectivity index (χ0n) is 18.6. The Bertz CT molecular complexity index is 649. The van der Waals surface area contributed by atoms with Crippen LogP contribution in [0.5, 0.6) is 0 Å². The van der Waals surface area contributed by atoms with Gasteiger partial charge in [-0.3, -0.25) is 19.8 Å². The fourth-order valence-electron chi connectivity index (χ4n) is 2.73. The zero-order valence-corrected chi connectivity index (χ0v) is 18.6. The molecule has 0 aromatic rings. The van der Waals surface area contributed by atoms with Gasteiger partial charge in [0, 0.05) is 19.4 Å². The minimum absolute atomic E-state index is 0.0213. The van der Waals surface area contributed by atoms with E-state index in [4.69, 9.17) is 5.41 Å². The van der Waals surface area contributed by atoms with Crippen molar-refractivity contribution in [3.8, 4) is 0 Å². The highest BCUT2D eigenvalue weighted by Crippen LogP contribution is 2.08. The molecule has 0 aliphatic heterocycles. The molecule has 15 heteroatoms. The molecular weight excluding hydrogens is 427 g/mol. The number of amides is 2. The van der Waals surface area contributed by atoms with Crippen molar-refractivity contribution in [2.24, 2.45) is 5.92 Å². The van der Waals surface area contributed by atoms with Crippen LogP contribution in [0.25, 0.3) is 0 Å². The fraction of sp³-hybridized carbons (Fsp3) is 0.765. The third kappa shape index (κ3) is 14.1. The maximum Gasteiger partial charge on any atom is 0.475 e. The number of nitro groups is 1. The van der Waals surface area contributed by atoms with Crippen LogP contribution in [0.15, 0.2) is 0 Å². The molecule has 14 nitrogen and oxygen atoms in total. The van der Waals surface area contributed by atoms with Gasteiger partial charge in [0.05, 0.1) is 13.1 Å². The Balaban J connectivity index is 4.93. The van der Waals surface area contributed by atoms with Crippen LogP contribution < -0.4 is 21.4 Å². The van der Waals surface area contributed by atoms with Gasteiger partial charge in [0.1, 0.15) is 6.04 Å². The molecule has 0 fully saturated rings. The summed E-state index contributed by atoms with van der Waals surface area (Å²) in [7, 11) is -0.547. The van der Waals surface area contributed by atoms with Crippen molar-refractivity contribution >= 4 is 30.9 Å². The Hall–Kier alpha value is -2.94. The summed E-state index contributed by atoms with van der Waals surface area (Å²) in [5, 5.41) is 43.3. The van der Waals surface area contributed by atoms with Gasteiger partial charge in [0.15, 0.2) is 5.03 Å². The van der Waals surface area contributed by atoms with Gasteiger partial charge in [0.25, 0.3) is 5.96 Å². The first-order valence-electron chi connectivity index (χ1n) is 10.2. The van der Waals surface area contributed by atoms with E-state index in [1.165, 1.54) is 7.11 Å².